The van der Waals surface area contributed by atoms with Gasteiger partial charge >= 0.3 is 0 Å². The quantitative estimate of drug-likeness (QED) is 0.931. The fourth-order valence-corrected chi connectivity index (χ4v) is 3.25. The maximum absolute atomic E-state index is 5.06. The molecule has 104 valence electrons. The number of hydrogen-bond donors (Lipinski definition) is 1. The van der Waals surface area contributed by atoms with Gasteiger partial charge in [-0.1, -0.05) is 6.07 Å². The van der Waals surface area contributed by atoms with E-state index in [4.69, 9.17) is 4.74 Å². The van der Waals surface area contributed by atoms with E-state index in [9.17, 15) is 0 Å². The number of nitrogens with zero attached hydrogens (tertiary/aromatic N) is 3. The highest BCUT2D eigenvalue weighted by Gasteiger charge is 2.19. The minimum absolute atomic E-state index is 0.621. The molecular formula is C14H16N4OS. The molecule has 0 atom stereocenters. The number of nitrogens with one attached hydrogen (secondary N) is 1. The molecule has 6 heteroatoms. The second-order valence-corrected chi connectivity index (χ2v) is 5.53. The smallest absolute Gasteiger partial charge is 0.212 e. The van der Waals surface area contributed by atoms with E-state index in [0.29, 0.717) is 12.3 Å². The van der Waals surface area contributed by atoms with E-state index in [-0.39, 0.29) is 0 Å². The van der Waals surface area contributed by atoms with Gasteiger partial charge in [0.2, 0.25) is 5.88 Å². The third-order valence-electron chi connectivity index (χ3n) is 3.23. The summed E-state index contributed by atoms with van der Waals surface area (Å²) in [5, 5.41) is 3.17. The minimum atomic E-state index is 0.621. The van der Waals surface area contributed by atoms with Crippen LogP contribution in [0.25, 0.3) is 0 Å². The maximum Gasteiger partial charge on any atom is 0.212 e. The molecule has 0 saturated carbocycles. The Hall–Kier alpha value is -1.82. The van der Waals surface area contributed by atoms with Crippen molar-refractivity contribution < 1.29 is 4.74 Å². The van der Waals surface area contributed by atoms with E-state index in [1.54, 1.807) is 7.11 Å². The van der Waals surface area contributed by atoms with Crippen LogP contribution in [0.1, 0.15) is 22.6 Å². The summed E-state index contributed by atoms with van der Waals surface area (Å²) >= 11 is 1.88. The zero-order chi connectivity index (χ0) is 13.9. The summed E-state index contributed by atoms with van der Waals surface area (Å²) in [5.41, 5.74) is 3.48. The van der Waals surface area contributed by atoms with Crippen LogP contribution in [0.5, 0.6) is 5.88 Å². The summed E-state index contributed by atoms with van der Waals surface area (Å²) in [7, 11) is 3.52. The molecule has 0 amide bonds. The Morgan fingerprint density at radius 2 is 2.20 bits per heavy atom. The van der Waals surface area contributed by atoms with Gasteiger partial charge in [0, 0.05) is 42.8 Å². The molecule has 0 unspecified atom stereocenters. The Kier molecular flexibility index (Phi) is 3.73. The number of thioether (sulfide) groups is 1. The monoisotopic (exact) mass is 288 g/mol. The van der Waals surface area contributed by atoms with E-state index in [2.05, 4.69) is 20.3 Å². The molecule has 20 heavy (non-hydrogen) atoms. The predicted octanol–water partition coefficient (Wildman–Crippen LogP) is 2.26. The van der Waals surface area contributed by atoms with Crippen molar-refractivity contribution in [1.29, 1.82) is 0 Å². The van der Waals surface area contributed by atoms with Crippen LogP contribution >= 0.6 is 11.8 Å². The highest BCUT2D eigenvalue weighted by atomic mass is 32.2. The van der Waals surface area contributed by atoms with Gasteiger partial charge in [0.25, 0.3) is 0 Å². The zero-order valence-corrected chi connectivity index (χ0v) is 12.3. The van der Waals surface area contributed by atoms with Crippen LogP contribution in [0, 0.1) is 0 Å². The van der Waals surface area contributed by atoms with Gasteiger partial charge in [-0.25, -0.2) is 15.0 Å². The molecular weight excluding hydrogens is 272 g/mol. The molecule has 0 aromatic carbocycles. The number of fused-ring (bicyclic) bond motifs is 1. The van der Waals surface area contributed by atoms with Gasteiger partial charge in [-0.2, -0.15) is 11.8 Å². The Bertz CT molecular complexity index is 615. The fraction of sp³-hybridized carbons (Fsp3) is 0.357. The Morgan fingerprint density at radius 3 is 2.90 bits per heavy atom. The SMILES string of the molecule is CNc1nc(Cc2ccc(OC)nc2)nc2c1CSC2. The first-order chi connectivity index (χ1) is 9.80. The first kappa shape index (κ1) is 13.2. The van der Waals surface area contributed by atoms with Crippen molar-refractivity contribution in [2.75, 3.05) is 19.5 Å². The molecule has 0 spiro atoms. The molecule has 1 N–H and O–H groups in total. The van der Waals surface area contributed by atoms with Gasteiger partial charge in [-0.15, -0.1) is 0 Å². The number of hydrogen-bond acceptors (Lipinski definition) is 6. The molecule has 3 heterocycles. The van der Waals surface area contributed by atoms with Gasteiger partial charge < -0.3 is 10.1 Å². The number of aromatic nitrogens is 3. The lowest BCUT2D eigenvalue weighted by Gasteiger charge is -2.09. The van der Waals surface area contributed by atoms with E-state index < -0.39 is 0 Å². The second kappa shape index (κ2) is 5.66. The molecule has 0 aliphatic carbocycles. The van der Waals surface area contributed by atoms with E-state index in [0.717, 1.165) is 34.4 Å². The Morgan fingerprint density at radius 1 is 1.30 bits per heavy atom. The third-order valence-corrected chi connectivity index (χ3v) is 4.20. The molecule has 0 bridgehead atoms. The summed E-state index contributed by atoms with van der Waals surface area (Å²) in [5.74, 6) is 4.38. The van der Waals surface area contributed by atoms with Crippen LogP contribution in [-0.4, -0.2) is 29.1 Å². The lowest BCUT2D eigenvalue weighted by Crippen LogP contribution is -2.06. The number of ether oxygens (including phenoxy) is 1. The topological polar surface area (TPSA) is 59.9 Å². The Balaban J connectivity index is 1.86. The van der Waals surface area contributed by atoms with Crippen LogP contribution in [0.2, 0.25) is 0 Å². The van der Waals surface area contributed by atoms with Gasteiger partial charge in [0.1, 0.15) is 11.6 Å². The number of rotatable bonds is 4. The van der Waals surface area contributed by atoms with Gasteiger partial charge in [-0.05, 0) is 5.56 Å². The lowest BCUT2D eigenvalue weighted by molar-refractivity contribution is 0.397. The number of anilines is 1. The van der Waals surface area contributed by atoms with Crippen molar-refractivity contribution in [1.82, 2.24) is 15.0 Å². The summed E-state index contributed by atoms with van der Waals surface area (Å²) in [6.07, 6.45) is 2.49. The van der Waals surface area contributed by atoms with E-state index >= 15 is 0 Å². The van der Waals surface area contributed by atoms with Gasteiger partial charge in [0.05, 0.1) is 12.8 Å². The summed E-state index contributed by atoms with van der Waals surface area (Å²) in [6, 6.07) is 3.85. The highest BCUT2D eigenvalue weighted by molar-refractivity contribution is 7.98. The maximum atomic E-state index is 5.06. The predicted molar refractivity (Wildman–Crippen MR) is 80.2 cm³/mol. The van der Waals surface area contributed by atoms with Crippen LogP contribution in [0.15, 0.2) is 18.3 Å². The van der Waals surface area contributed by atoms with Crippen molar-refractivity contribution >= 4 is 17.6 Å². The molecule has 3 rings (SSSR count). The van der Waals surface area contributed by atoms with Gasteiger partial charge in [0.15, 0.2) is 0 Å². The minimum Gasteiger partial charge on any atom is -0.481 e. The summed E-state index contributed by atoms with van der Waals surface area (Å²) in [4.78, 5) is 13.5. The van der Waals surface area contributed by atoms with E-state index in [1.807, 2.05) is 37.1 Å². The molecule has 1 aliphatic heterocycles. The first-order valence-electron chi connectivity index (χ1n) is 6.43. The van der Waals surface area contributed by atoms with Crippen LogP contribution in [0.3, 0.4) is 0 Å². The van der Waals surface area contributed by atoms with Crippen LogP contribution in [0.4, 0.5) is 5.82 Å². The lowest BCUT2D eigenvalue weighted by atomic mass is 10.2. The van der Waals surface area contributed by atoms with Crippen molar-refractivity contribution in [3.63, 3.8) is 0 Å². The van der Waals surface area contributed by atoms with Crippen molar-refractivity contribution in [2.45, 2.75) is 17.9 Å². The number of methoxy groups -OCH3 is 1. The average molecular weight is 288 g/mol. The van der Waals surface area contributed by atoms with Crippen LogP contribution in [-0.2, 0) is 17.9 Å². The molecule has 0 saturated heterocycles. The highest BCUT2D eigenvalue weighted by Crippen LogP contribution is 2.32. The third kappa shape index (κ3) is 2.56. The van der Waals surface area contributed by atoms with E-state index in [1.165, 1.54) is 5.56 Å². The molecule has 1 aliphatic rings. The molecule has 0 radical (unpaired) electrons. The second-order valence-electron chi connectivity index (χ2n) is 4.54. The van der Waals surface area contributed by atoms with Crippen molar-refractivity contribution in [2.24, 2.45) is 0 Å². The standard InChI is InChI=1S/C14H16N4OS/c1-15-14-10-7-20-8-11(10)17-12(18-14)5-9-3-4-13(19-2)16-6-9/h3-4,6H,5,7-8H2,1-2H3,(H,15,17,18). The normalized spacial score (nSPS) is 13.1. The van der Waals surface area contributed by atoms with Crippen molar-refractivity contribution in [3.8, 4) is 5.88 Å². The van der Waals surface area contributed by atoms with Crippen LogP contribution < -0.4 is 10.1 Å². The largest absolute Gasteiger partial charge is 0.481 e. The summed E-state index contributed by atoms with van der Waals surface area (Å²) < 4.78 is 5.06. The number of pyridine rings is 1. The van der Waals surface area contributed by atoms with Gasteiger partial charge in [-0.3, -0.25) is 0 Å². The first-order valence-corrected chi connectivity index (χ1v) is 7.58. The molecule has 2 aromatic heterocycles. The molecule has 5 nitrogen and oxygen atoms in total. The van der Waals surface area contributed by atoms with Crippen molar-refractivity contribution in [3.05, 3.63) is 41.0 Å². The Labute approximate surface area is 122 Å². The molecule has 2 aromatic rings. The molecule has 0 fully saturated rings. The summed E-state index contributed by atoms with van der Waals surface area (Å²) in [6.45, 7) is 0. The fourth-order valence-electron chi connectivity index (χ4n) is 2.21. The zero-order valence-electron chi connectivity index (χ0n) is 11.5. The average Bonchev–Trinajstić information content (AvgIpc) is 2.95.